The van der Waals surface area contributed by atoms with Crippen molar-refractivity contribution in [2.45, 2.75) is 70.3 Å². The average molecular weight is 467 g/mol. The molecule has 0 bridgehead atoms. The molecule has 2 N–H and O–H groups in total. The van der Waals surface area contributed by atoms with Crippen molar-refractivity contribution in [3.8, 4) is 0 Å². The van der Waals surface area contributed by atoms with E-state index in [1.165, 1.54) is 29.7 Å². The summed E-state index contributed by atoms with van der Waals surface area (Å²) in [5, 5.41) is 11.9. The second-order valence-electron chi connectivity index (χ2n) is 7.35. The molecule has 0 radical (unpaired) electrons. The lowest BCUT2D eigenvalue weighted by Crippen LogP contribution is -2.18. The van der Waals surface area contributed by atoms with Gasteiger partial charge in [-0.15, -0.1) is 0 Å². The minimum atomic E-state index is -3.43. The minimum Gasteiger partial charge on any atom is -0.495 e. The largest absolute Gasteiger partial charge is 0.495 e. The first-order chi connectivity index (χ1) is 14.6. The highest BCUT2D eigenvalue weighted by molar-refractivity contribution is 7.92. The lowest BCUT2D eigenvalue weighted by atomic mass is 10.0. The van der Waals surface area contributed by atoms with Crippen LogP contribution >= 0.6 is 11.3 Å². The van der Waals surface area contributed by atoms with Gasteiger partial charge in [0, 0.05) is 12.6 Å². The summed E-state index contributed by atoms with van der Waals surface area (Å²) >= 11 is 1.18. The van der Waals surface area contributed by atoms with Gasteiger partial charge in [-0.1, -0.05) is 37.3 Å². The summed E-state index contributed by atoms with van der Waals surface area (Å²) in [5.41, 5.74) is 0.876. The Balaban J connectivity index is 2.47. The average Bonchev–Trinajstić information content (AvgIpc) is 3.20. The number of aliphatic hydroxyl groups excluding tert-OH is 1. The van der Waals surface area contributed by atoms with Gasteiger partial charge in [0.1, 0.15) is 5.76 Å². The number of aliphatic hydroxyl groups is 1. The van der Waals surface area contributed by atoms with Crippen LogP contribution in [-0.4, -0.2) is 35.8 Å². The number of carbonyl (C=O) groups is 1. The Labute approximate surface area is 188 Å². The summed E-state index contributed by atoms with van der Waals surface area (Å²) in [6, 6.07) is 6.31. The monoisotopic (exact) mass is 466 g/mol. The molecular formula is C22H30N2O5S2. The van der Waals surface area contributed by atoms with Gasteiger partial charge in [-0.05, 0) is 44.9 Å². The van der Waals surface area contributed by atoms with Gasteiger partial charge in [0.15, 0.2) is 15.0 Å². The summed E-state index contributed by atoms with van der Waals surface area (Å²) in [7, 11) is -3.43. The summed E-state index contributed by atoms with van der Waals surface area (Å²) in [5.74, 6) is 0.0952. The van der Waals surface area contributed by atoms with E-state index in [4.69, 9.17) is 4.74 Å². The molecule has 0 aliphatic rings. The van der Waals surface area contributed by atoms with E-state index in [1.807, 2.05) is 27.7 Å². The fourth-order valence-corrected chi connectivity index (χ4v) is 4.97. The Morgan fingerprint density at radius 3 is 2.32 bits per heavy atom. The van der Waals surface area contributed by atoms with Crippen molar-refractivity contribution >= 4 is 37.8 Å². The number of ether oxygens (including phenoxy) is 1. The lowest BCUT2D eigenvalue weighted by molar-refractivity contribution is -0.111. The number of nitrogens with one attached hydrogen (secondary N) is 1. The second kappa shape index (κ2) is 10.9. The fourth-order valence-electron chi connectivity index (χ4n) is 2.88. The van der Waals surface area contributed by atoms with E-state index in [-0.39, 0.29) is 17.6 Å². The van der Waals surface area contributed by atoms with Crippen LogP contribution in [-0.2, 0) is 26.0 Å². The summed E-state index contributed by atoms with van der Waals surface area (Å²) in [4.78, 5) is 18.1. The Hall–Kier alpha value is -2.23. The highest BCUT2D eigenvalue weighted by Crippen LogP contribution is 2.28. The molecule has 0 saturated carbocycles. The van der Waals surface area contributed by atoms with Crippen molar-refractivity contribution in [2.24, 2.45) is 0 Å². The van der Waals surface area contributed by atoms with Crippen LogP contribution in [0.3, 0.4) is 0 Å². The highest BCUT2D eigenvalue weighted by Gasteiger charge is 2.24. The Morgan fingerprint density at radius 1 is 1.19 bits per heavy atom. The van der Waals surface area contributed by atoms with Crippen LogP contribution in [0.25, 0.3) is 5.57 Å². The number of sulfone groups is 1. The molecule has 1 aromatic heterocycles. The third-order valence-electron chi connectivity index (χ3n) is 4.71. The number of nitrogens with zero attached hydrogens (tertiary/aromatic N) is 1. The van der Waals surface area contributed by atoms with Crippen molar-refractivity contribution in [1.29, 1.82) is 0 Å². The predicted molar refractivity (Wildman–Crippen MR) is 123 cm³/mol. The van der Waals surface area contributed by atoms with Gasteiger partial charge in [-0.3, -0.25) is 10.1 Å². The molecule has 0 fully saturated rings. The van der Waals surface area contributed by atoms with Crippen LogP contribution in [0.15, 0.2) is 41.1 Å². The normalized spacial score (nSPS) is 13.6. The zero-order valence-electron chi connectivity index (χ0n) is 18.5. The van der Waals surface area contributed by atoms with Gasteiger partial charge in [-0.25, -0.2) is 13.4 Å². The van der Waals surface area contributed by atoms with Crippen molar-refractivity contribution in [2.75, 3.05) is 5.32 Å². The van der Waals surface area contributed by atoms with E-state index in [1.54, 1.807) is 19.1 Å². The molecule has 1 unspecified atom stereocenters. The maximum atomic E-state index is 13.2. The van der Waals surface area contributed by atoms with Crippen LogP contribution in [0.2, 0.25) is 0 Å². The molecule has 1 atom stereocenters. The van der Waals surface area contributed by atoms with Gasteiger partial charge >= 0.3 is 0 Å². The summed E-state index contributed by atoms with van der Waals surface area (Å²) in [6.45, 7) is 9.00. The molecule has 9 heteroatoms. The van der Waals surface area contributed by atoms with Crippen molar-refractivity contribution in [1.82, 2.24) is 4.98 Å². The number of anilines is 1. The van der Waals surface area contributed by atoms with Crippen LogP contribution in [0.4, 0.5) is 5.13 Å². The molecule has 7 nitrogen and oxygen atoms in total. The van der Waals surface area contributed by atoms with Crippen molar-refractivity contribution < 1.29 is 23.1 Å². The molecule has 31 heavy (non-hydrogen) atoms. The predicted octanol–water partition coefficient (Wildman–Crippen LogP) is 4.39. The van der Waals surface area contributed by atoms with Crippen LogP contribution < -0.4 is 5.32 Å². The number of thiazole rings is 1. The van der Waals surface area contributed by atoms with Gasteiger partial charge in [-0.2, -0.15) is 0 Å². The number of benzene rings is 1. The number of aromatic nitrogens is 1. The molecule has 2 aromatic rings. The van der Waals surface area contributed by atoms with E-state index in [0.717, 1.165) is 0 Å². The Kier molecular flexibility index (Phi) is 8.79. The first-order valence-corrected chi connectivity index (χ1v) is 12.6. The van der Waals surface area contributed by atoms with Gasteiger partial charge in [0.25, 0.3) is 5.91 Å². The first kappa shape index (κ1) is 25.0. The summed E-state index contributed by atoms with van der Waals surface area (Å²) in [6.07, 6.45) is 2.37. The summed E-state index contributed by atoms with van der Waals surface area (Å²) < 4.78 is 31.2. The number of hydrogen-bond donors (Lipinski definition) is 2. The topological polar surface area (TPSA) is 106 Å². The first-order valence-electron chi connectivity index (χ1n) is 10.2. The van der Waals surface area contributed by atoms with E-state index in [0.29, 0.717) is 39.7 Å². The second-order valence-corrected chi connectivity index (χ2v) is 10.8. The van der Waals surface area contributed by atoms with Crippen LogP contribution in [0.5, 0.6) is 0 Å². The molecule has 0 spiro atoms. The van der Waals surface area contributed by atoms with Gasteiger partial charge < -0.3 is 9.84 Å². The van der Waals surface area contributed by atoms with Gasteiger partial charge in [0.2, 0.25) is 0 Å². The van der Waals surface area contributed by atoms with E-state index < -0.39 is 21.0 Å². The maximum absolute atomic E-state index is 13.2. The van der Waals surface area contributed by atoms with E-state index in [2.05, 4.69) is 10.3 Å². The maximum Gasteiger partial charge on any atom is 0.261 e. The third kappa shape index (κ3) is 6.15. The number of rotatable bonds is 10. The standard InChI is InChI=1S/C22H30N2O5S2/c1-6-15(5)31(27,28)18-10-8-16(9-11-18)20(19(7-2)29-14(3)4)21(26)24-22-23-12-17(13-25)30-22/h8-12,14-15,25H,6-7,13H2,1-5H3,(H,23,24,26)/b20-19+. The molecule has 0 aliphatic carbocycles. The van der Waals surface area contributed by atoms with Crippen LogP contribution in [0.1, 0.15) is 57.9 Å². The number of allylic oxidation sites excluding steroid dienone is 1. The quantitative estimate of drug-likeness (QED) is 0.397. The molecule has 2 rings (SSSR count). The Bertz CT molecular complexity index is 1020. The Morgan fingerprint density at radius 2 is 1.84 bits per heavy atom. The van der Waals surface area contributed by atoms with Crippen LogP contribution in [0, 0.1) is 0 Å². The lowest BCUT2D eigenvalue weighted by Gasteiger charge is -2.18. The molecule has 1 heterocycles. The van der Waals surface area contributed by atoms with Gasteiger partial charge in [0.05, 0.1) is 33.3 Å². The fraction of sp³-hybridized carbons (Fsp3) is 0.455. The molecule has 0 saturated heterocycles. The SMILES string of the molecule is CC/C(OC(C)C)=C(\C(=O)Nc1ncc(CO)s1)c1ccc(S(=O)(=O)C(C)CC)cc1. The molecule has 1 aromatic carbocycles. The van der Waals surface area contributed by atoms with Crippen molar-refractivity contribution in [3.63, 3.8) is 0 Å². The number of hydrogen-bond acceptors (Lipinski definition) is 7. The van der Waals surface area contributed by atoms with E-state index in [9.17, 15) is 18.3 Å². The molecule has 1 amide bonds. The number of amides is 1. The molecule has 0 aliphatic heterocycles. The number of carbonyl (C=O) groups excluding carboxylic acids is 1. The molecule has 170 valence electrons. The zero-order chi connectivity index (χ0) is 23.2. The minimum absolute atomic E-state index is 0.136. The highest BCUT2D eigenvalue weighted by atomic mass is 32.2. The van der Waals surface area contributed by atoms with Crippen molar-refractivity contribution in [3.05, 3.63) is 46.7 Å². The van der Waals surface area contributed by atoms with E-state index >= 15 is 0 Å². The third-order valence-corrected chi connectivity index (χ3v) is 7.93. The zero-order valence-corrected chi connectivity index (χ0v) is 20.1. The smallest absolute Gasteiger partial charge is 0.261 e. The molecular weight excluding hydrogens is 436 g/mol.